The molecule has 0 saturated carbocycles. The fraction of sp³-hybridized carbons (Fsp3) is 0.562. The molecule has 0 aliphatic carbocycles. The van der Waals surface area contributed by atoms with Crippen LogP contribution in [0.25, 0.3) is 0 Å². The van der Waals surface area contributed by atoms with Crippen molar-refractivity contribution < 1.29 is 9.53 Å². The van der Waals surface area contributed by atoms with Crippen LogP contribution in [-0.4, -0.2) is 41.2 Å². The Morgan fingerprint density at radius 2 is 1.85 bits per heavy atom. The Labute approximate surface area is 124 Å². The summed E-state index contributed by atoms with van der Waals surface area (Å²) in [6.07, 6.45) is 1.91. The van der Waals surface area contributed by atoms with E-state index in [1.54, 1.807) is 0 Å². The number of carbonyl (C=O) groups excluding carboxylic acids is 1. The first-order valence-electron chi connectivity index (χ1n) is 7.23. The van der Waals surface area contributed by atoms with E-state index in [0.717, 1.165) is 55.0 Å². The lowest BCUT2D eigenvalue weighted by Gasteiger charge is -2.37. The number of benzene rings is 1. The minimum absolute atomic E-state index is 0.000693. The molecule has 108 valence electrons. The van der Waals surface area contributed by atoms with Gasteiger partial charge >= 0.3 is 0 Å². The first kappa shape index (κ1) is 14.0. The van der Waals surface area contributed by atoms with Crippen LogP contribution in [0.3, 0.4) is 0 Å². The van der Waals surface area contributed by atoms with Gasteiger partial charge in [-0.1, -0.05) is 17.2 Å². The number of piperidine rings is 1. The molecule has 2 aliphatic heterocycles. The van der Waals surface area contributed by atoms with E-state index in [4.69, 9.17) is 4.74 Å². The van der Waals surface area contributed by atoms with Crippen molar-refractivity contribution >= 4 is 17.7 Å². The minimum Gasteiger partial charge on any atom is -0.363 e. The molecule has 20 heavy (non-hydrogen) atoms. The standard InChI is InChI=1S/C16H21NO2S/c1-12-9-13(2)11-14(10-12)15(18)17-5-3-16(4-6-17)19-7-8-20-16/h9-11H,3-8H2,1-2H3. The molecular weight excluding hydrogens is 270 g/mol. The summed E-state index contributed by atoms with van der Waals surface area (Å²) in [4.78, 5) is 14.6. The Hall–Kier alpha value is -1.00. The summed E-state index contributed by atoms with van der Waals surface area (Å²) in [6, 6.07) is 6.08. The number of likely N-dealkylation sites (tertiary alicyclic amines) is 1. The Balaban J connectivity index is 1.69. The Morgan fingerprint density at radius 1 is 1.20 bits per heavy atom. The van der Waals surface area contributed by atoms with E-state index in [-0.39, 0.29) is 10.8 Å². The molecule has 0 aromatic heterocycles. The maximum absolute atomic E-state index is 12.6. The average molecular weight is 291 g/mol. The number of nitrogens with zero attached hydrogens (tertiary/aromatic N) is 1. The summed E-state index contributed by atoms with van der Waals surface area (Å²) < 4.78 is 5.88. The maximum atomic E-state index is 12.6. The van der Waals surface area contributed by atoms with E-state index in [2.05, 4.69) is 6.07 Å². The highest BCUT2D eigenvalue weighted by atomic mass is 32.2. The average Bonchev–Trinajstić information content (AvgIpc) is 2.86. The van der Waals surface area contributed by atoms with E-state index in [1.807, 2.05) is 42.6 Å². The molecule has 0 radical (unpaired) electrons. The number of hydrogen-bond donors (Lipinski definition) is 0. The SMILES string of the molecule is Cc1cc(C)cc(C(=O)N2CCC3(CC2)OCCS3)c1. The van der Waals surface area contributed by atoms with Gasteiger partial charge in [0.25, 0.3) is 5.91 Å². The van der Waals surface area contributed by atoms with Gasteiger partial charge in [-0.25, -0.2) is 0 Å². The van der Waals surface area contributed by atoms with Crippen LogP contribution in [0.5, 0.6) is 0 Å². The van der Waals surface area contributed by atoms with Crippen molar-refractivity contribution in [2.45, 2.75) is 31.6 Å². The van der Waals surface area contributed by atoms with Gasteiger partial charge in [0, 0.05) is 37.2 Å². The molecule has 2 fully saturated rings. The predicted molar refractivity (Wildman–Crippen MR) is 82.2 cm³/mol. The molecule has 1 aromatic carbocycles. The molecule has 3 nitrogen and oxygen atoms in total. The molecule has 0 unspecified atom stereocenters. The second-order valence-corrected chi connectivity index (χ2v) is 7.22. The minimum atomic E-state index is -0.000693. The number of aryl methyl sites for hydroxylation is 2. The number of ether oxygens (including phenoxy) is 1. The van der Waals surface area contributed by atoms with Crippen LogP contribution in [0.15, 0.2) is 18.2 Å². The van der Waals surface area contributed by atoms with Crippen LogP contribution in [0.4, 0.5) is 0 Å². The van der Waals surface area contributed by atoms with Crippen molar-refractivity contribution in [3.8, 4) is 0 Å². The molecule has 3 rings (SSSR count). The van der Waals surface area contributed by atoms with Gasteiger partial charge in [0.15, 0.2) is 0 Å². The van der Waals surface area contributed by atoms with Gasteiger partial charge < -0.3 is 9.64 Å². The number of hydrogen-bond acceptors (Lipinski definition) is 3. The third-order valence-corrected chi connectivity index (χ3v) is 5.52. The van der Waals surface area contributed by atoms with Crippen LogP contribution in [0, 0.1) is 13.8 Å². The topological polar surface area (TPSA) is 29.5 Å². The largest absolute Gasteiger partial charge is 0.363 e. The monoisotopic (exact) mass is 291 g/mol. The highest BCUT2D eigenvalue weighted by Crippen LogP contribution is 2.41. The molecule has 0 atom stereocenters. The maximum Gasteiger partial charge on any atom is 0.253 e. The molecule has 2 heterocycles. The van der Waals surface area contributed by atoms with Gasteiger partial charge in [-0.05, 0) is 26.0 Å². The molecule has 4 heteroatoms. The number of carbonyl (C=O) groups is 1. The zero-order valence-corrected chi connectivity index (χ0v) is 13.0. The van der Waals surface area contributed by atoms with Crippen LogP contribution >= 0.6 is 11.8 Å². The van der Waals surface area contributed by atoms with E-state index in [9.17, 15) is 4.79 Å². The molecule has 2 saturated heterocycles. The van der Waals surface area contributed by atoms with E-state index in [0.29, 0.717) is 0 Å². The number of thioether (sulfide) groups is 1. The van der Waals surface area contributed by atoms with Crippen molar-refractivity contribution in [2.24, 2.45) is 0 Å². The highest BCUT2D eigenvalue weighted by molar-refractivity contribution is 8.00. The van der Waals surface area contributed by atoms with Crippen LogP contribution in [-0.2, 0) is 4.74 Å². The molecular formula is C16H21NO2S. The zero-order chi connectivity index (χ0) is 14.2. The van der Waals surface area contributed by atoms with Gasteiger partial charge in [-0.3, -0.25) is 4.79 Å². The summed E-state index contributed by atoms with van der Waals surface area (Å²) in [5.41, 5.74) is 3.12. The normalized spacial score (nSPS) is 21.4. The van der Waals surface area contributed by atoms with Crippen molar-refractivity contribution in [1.29, 1.82) is 0 Å². The van der Waals surface area contributed by atoms with Gasteiger partial charge in [0.2, 0.25) is 0 Å². The second kappa shape index (κ2) is 5.41. The van der Waals surface area contributed by atoms with Gasteiger partial charge in [0.1, 0.15) is 4.93 Å². The van der Waals surface area contributed by atoms with Crippen LogP contribution in [0.2, 0.25) is 0 Å². The fourth-order valence-corrected chi connectivity index (χ4v) is 4.29. The summed E-state index contributed by atoms with van der Waals surface area (Å²) in [5, 5.41) is 0. The van der Waals surface area contributed by atoms with Crippen molar-refractivity contribution in [1.82, 2.24) is 4.90 Å². The first-order valence-corrected chi connectivity index (χ1v) is 8.22. The molecule has 1 amide bonds. The van der Waals surface area contributed by atoms with Crippen molar-refractivity contribution in [2.75, 3.05) is 25.4 Å². The quantitative estimate of drug-likeness (QED) is 0.796. The summed E-state index contributed by atoms with van der Waals surface area (Å²) in [6.45, 7) is 6.54. The third kappa shape index (κ3) is 2.72. The predicted octanol–water partition coefficient (Wildman–Crippen LogP) is 3.00. The zero-order valence-electron chi connectivity index (χ0n) is 12.1. The second-order valence-electron chi connectivity index (χ2n) is 5.78. The summed E-state index contributed by atoms with van der Waals surface area (Å²) in [7, 11) is 0. The van der Waals surface area contributed by atoms with E-state index in [1.165, 1.54) is 0 Å². The Morgan fingerprint density at radius 3 is 2.40 bits per heavy atom. The molecule has 1 spiro atoms. The molecule has 0 N–H and O–H groups in total. The number of rotatable bonds is 1. The van der Waals surface area contributed by atoms with Crippen molar-refractivity contribution in [3.05, 3.63) is 34.9 Å². The van der Waals surface area contributed by atoms with E-state index >= 15 is 0 Å². The third-order valence-electron chi connectivity index (χ3n) is 4.09. The lowest BCUT2D eigenvalue weighted by Crippen LogP contribution is -2.45. The first-order chi connectivity index (χ1) is 9.58. The van der Waals surface area contributed by atoms with E-state index < -0.39 is 0 Å². The van der Waals surface area contributed by atoms with Gasteiger partial charge in [-0.15, -0.1) is 11.8 Å². The smallest absolute Gasteiger partial charge is 0.253 e. The van der Waals surface area contributed by atoms with Crippen LogP contribution in [0.1, 0.15) is 34.3 Å². The van der Waals surface area contributed by atoms with Crippen molar-refractivity contribution in [3.63, 3.8) is 0 Å². The lowest BCUT2D eigenvalue weighted by atomic mass is 10.0. The molecule has 0 bridgehead atoms. The fourth-order valence-electron chi connectivity index (χ4n) is 3.12. The Bertz CT molecular complexity index is 493. The van der Waals surface area contributed by atoms with Gasteiger partial charge in [0.05, 0.1) is 6.61 Å². The lowest BCUT2D eigenvalue weighted by molar-refractivity contribution is 0.00352. The summed E-state index contributed by atoms with van der Waals surface area (Å²) >= 11 is 1.92. The summed E-state index contributed by atoms with van der Waals surface area (Å²) in [5.74, 6) is 1.25. The van der Waals surface area contributed by atoms with Gasteiger partial charge in [-0.2, -0.15) is 0 Å². The van der Waals surface area contributed by atoms with Crippen LogP contribution < -0.4 is 0 Å². The molecule has 2 aliphatic rings. The number of amides is 1. The highest BCUT2D eigenvalue weighted by Gasteiger charge is 2.40. The Kier molecular flexibility index (Phi) is 3.78. The molecule has 1 aromatic rings.